The Balaban J connectivity index is 4.30. The quantitative estimate of drug-likeness (QED) is 0.0344. The van der Waals surface area contributed by atoms with Crippen LogP contribution in [0.25, 0.3) is 0 Å². The topological polar surface area (TPSA) is 78.9 Å². The van der Waals surface area contributed by atoms with E-state index in [0.29, 0.717) is 19.3 Å². The van der Waals surface area contributed by atoms with Gasteiger partial charge in [-0.3, -0.25) is 14.4 Å². The lowest BCUT2D eigenvalue weighted by atomic mass is 10.0. The summed E-state index contributed by atoms with van der Waals surface area (Å²) in [5.41, 5.74) is 0. The lowest BCUT2D eigenvalue weighted by molar-refractivity contribution is -0.167. The predicted molar refractivity (Wildman–Crippen MR) is 275 cm³/mol. The molecule has 6 nitrogen and oxygen atoms in total. The summed E-state index contributed by atoms with van der Waals surface area (Å²) in [5, 5.41) is 0. The fourth-order valence-corrected chi connectivity index (χ4v) is 8.92. The van der Waals surface area contributed by atoms with Crippen LogP contribution in [0.3, 0.4) is 0 Å². The summed E-state index contributed by atoms with van der Waals surface area (Å²) < 4.78 is 16.9. The number of carbonyl (C=O) groups is 3. The second kappa shape index (κ2) is 52.4. The zero-order chi connectivity index (χ0) is 46.7. The second-order valence-electron chi connectivity index (χ2n) is 20.4. The van der Waals surface area contributed by atoms with Gasteiger partial charge in [-0.15, -0.1) is 0 Å². The minimum atomic E-state index is -0.762. The highest BCUT2D eigenvalue weighted by atomic mass is 16.6. The van der Waals surface area contributed by atoms with Gasteiger partial charge in [0, 0.05) is 19.3 Å². The molecular weight excluding hydrogens is 793 g/mol. The molecular formula is C58H112O6. The van der Waals surface area contributed by atoms with Crippen molar-refractivity contribution < 1.29 is 28.6 Å². The Morgan fingerprint density at radius 3 is 0.766 bits per heavy atom. The van der Waals surface area contributed by atoms with E-state index in [9.17, 15) is 14.4 Å². The molecule has 0 amide bonds. The molecule has 0 saturated carbocycles. The number of esters is 3. The molecule has 1 atom stereocenters. The van der Waals surface area contributed by atoms with Gasteiger partial charge in [-0.2, -0.15) is 0 Å². The summed E-state index contributed by atoms with van der Waals surface area (Å²) in [6, 6.07) is 0. The van der Waals surface area contributed by atoms with Crippen molar-refractivity contribution in [3.05, 3.63) is 0 Å². The third-order valence-corrected chi connectivity index (χ3v) is 13.3. The van der Waals surface area contributed by atoms with Crippen molar-refractivity contribution in [2.75, 3.05) is 13.2 Å². The van der Waals surface area contributed by atoms with E-state index in [4.69, 9.17) is 14.2 Å². The summed E-state index contributed by atoms with van der Waals surface area (Å²) in [6.45, 7) is 9.06. The van der Waals surface area contributed by atoms with Crippen molar-refractivity contribution in [3.8, 4) is 0 Å². The third-order valence-electron chi connectivity index (χ3n) is 13.3. The average molecular weight is 906 g/mol. The molecule has 0 saturated heterocycles. The van der Waals surface area contributed by atoms with Crippen LogP contribution < -0.4 is 0 Å². The monoisotopic (exact) mass is 905 g/mol. The smallest absolute Gasteiger partial charge is 0.306 e. The number of carbonyl (C=O) groups excluding carboxylic acids is 3. The summed E-state index contributed by atoms with van der Waals surface area (Å²) in [7, 11) is 0. The minimum Gasteiger partial charge on any atom is -0.462 e. The molecule has 0 heterocycles. The standard InChI is InChI=1S/C58H112O6/c1-5-7-9-11-13-15-17-19-21-22-26-30-34-38-42-46-50-57(60)63-53-55(52-62-56(59)49-45-41-37-33-29-25-20-18-16-14-12-10-8-6-2)64-58(61)51-47-43-39-35-31-27-23-24-28-32-36-40-44-48-54(3)4/h54-55H,5-53H2,1-4H3/t55-/m0/s1. The predicted octanol–water partition coefficient (Wildman–Crippen LogP) is 19.0. The highest BCUT2D eigenvalue weighted by Gasteiger charge is 2.19. The van der Waals surface area contributed by atoms with E-state index in [1.807, 2.05) is 0 Å². The Labute approximate surface area is 399 Å². The summed E-state index contributed by atoms with van der Waals surface area (Å²) in [6.07, 6.45) is 56.6. The van der Waals surface area contributed by atoms with E-state index in [0.717, 1.165) is 63.7 Å². The van der Waals surface area contributed by atoms with E-state index in [-0.39, 0.29) is 31.1 Å². The molecule has 0 aromatic rings. The maximum atomic E-state index is 12.8. The molecule has 0 aliphatic heterocycles. The number of hydrogen-bond acceptors (Lipinski definition) is 6. The van der Waals surface area contributed by atoms with Crippen LogP contribution in [0.2, 0.25) is 0 Å². The van der Waals surface area contributed by atoms with Crippen LogP contribution in [-0.4, -0.2) is 37.2 Å². The highest BCUT2D eigenvalue weighted by Crippen LogP contribution is 2.18. The number of ether oxygens (including phenoxy) is 3. The van der Waals surface area contributed by atoms with Crippen LogP contribution in [0.4, 0.5) is 0 Å². The third kappa shape index (κ3) is 51.4. The van der Waals surface area contributed by atoms with Crippen LogP contribution in [-0.2, 0) is 28.6 Å². The molecule has 0 fully saturated rings. The first-order valence-corrected chi connectivity index (χ1v) is 28.9. The zero-order valence-electron chi connectivity index (χ0n) is 43.8. The summed E-state index contributed by atoms with van der Waals surface area (Å²) in [5.74, 6) is 0.00337. The molecule has 64 heavy (non-hydrogen) atoms. The number of rotatable bonds is 53. The van der Waals surface area contributed by atoms with Gasteiger partial charge in [0.05, 0.1) is 0 Å². The Hall–Kier alpha value is -1.59. The SMILES string of the molecule is CCCCCCCCCCCCCCCCCCC(=O)OC[C@H](COC(=O)CCCCCCCCCCCCCCCC)OC(=O)CCCCCCCCCCCCCCCC(C)C. The first-order valence-electron chi connectivity index (χ1n) is 28.9. The average Bonchev–Trinajstić information content (AvgIpc) is 3.28. The fourth-order valence-electron chi connectivity index (χ4n) is 8.92. The number of unbranched alkanes of at least 4 members (excludes halogenated alkanes) is 40. The van der Waals surface area contributed by atoms with E-state index >= 15 is 0 Å². The number of hydrogen-bond donors (Lipinski definition) is 0. The molecule has 0 aromatic carbocycles. The minimum absolute atomic E-state index is 0.0618. The summed E-state index contributed by atoms with van der Waals surface area (Å²) in [4.78, 5) is 38.1. The van der Waals surface area contributed by atoms with Crippen molar-refractivity contribution in [2.45, 2.75) is 336 Å². The van der Waals surface area contributed by atoms with Gasteiger partial charge >= 0.3 is 17.9 Å². The van der Waals surface area contributed by atoms with Crippen LogP contribution in [0.15, 0.2) is 0 Å². The first-order chi connectivity index (χ1) is 31.4. The summed E-state index contributed by atoms with van der Waals surface area (Å²) >= 11 is 0. The molecule has 0 N–H and O–H groups in total. The van der Waals surface area contributed by atoms with Crippen molar-refractivity contribution in [1.82, 2.24) is 0 Å². The van der Waals surface area contributed by atoms with Gasteiger partial charge in [0.25, 0.3) is 0 Å². The van der Waals surface area contributed by atoms with E-state index < -0.39 is 6.10 Å². The molecule has 0 aliphatic carbocycles. The lowest BCUT2D eigenvalue weighted by Crippen LogP contribution is -2.30. The maximum Gasteiger partial charge on any atom is 0.306 e. The van der Waals surface area contributed by atoms with Crippen LogP contribution in [0.5, 0.6) is 0 Å². The van der Waals surface area contributed by atoms with Crippen molar-refractivity contribution in [2.24, 2.45) is 5.92 Å². The van der Waals surface area contributed by atoms with Gasteiger partial charge in [-0.25, -0.2) is 0 Å². The van der Waals surface area contributed by atoms with Crippen LogP contribution >= 0.6 is 0 Å². The molecule has 0 bridgehead atoms. The molecule has 0 radical (unpaired) electrons. The molecule has 0 unspecified atom stereocenters. The maximum absolute atomic E-state index is 12.8. The Kier molecular flexibility index (Phi) is 51.1. The largest absolute Gasteiger partial charge is 0.462 e. The molecule has 6 heteroatoms. The van der Waals surface area contributed by atoms with E-state index in [1.165, 1.54) is 225 Å². The normalized spacial score (nSPS) is 12.0. The van der Waals surface area contributed by atoms with Gasteiger partial charge in [0.1, 0.15) is 13.2 Å². The zero-order valence-corrected chi connectivity index (χ0v) is 43.8. The van der Waals surface area contributed by atoms with Crippen LogP contribution in [0, 0.1) is 5.92 Å². The van der Waals surface area contributed by atoms with Gasteiger partial charge < -0.3 is 14.2 Å². The lowest BCUT2D eigenvalue weighted by Gasteiger charge is -2.18. The molecule has 0 rings (SSSR count). The van der Waals surface area contributed by atoms with Crippen LogP contribution in [0.1, 0.15) is 329 Å². The van der Waals surface area contributed by atoms with E-state index in [2.05, 4.69) is 27.7 Å². The van der Waals surface area contributed by atoms with Crippen molar-refractivity contribution >= 4 is 17.9 Å². The first kappa shape index (κ1) is 62.4. The van der Waals surface area contributed by atoms with Crippen molar-refractivity contribution in [1.29, 1.82) is 0 Å². The molecule has 0 aromatic heterocycles. The van der Waals surface area contributed by atoms with E-state index in [1.54, 1.807) is 0 Å². The second-order valence-corrected chi connectivity index (χ2v) is 20.4. The fraction of sp³-hybridized carbons (Fsp3) is 0.948. The molecule has 0 spiro atoms. The van der Waals surface area contributed by atoms with Gasteiger partial charge in [0.2, 0.25) is 0 Å². The van der Waals surface area contributed by atoms with Gasteiger partial charge in [-0.05, 0) is 25.2 Å². The Bertz CT molecular complexity index is 964. The molecule has 380 valence electrons. The Morgan fingerprint density at radius 1 is 0.297 bits per heavy atom. The van der Waals surface area contributed by atoms with Crippen molar-refractivity contribution in [3.63, 3.8) is 0 Å². The Morgan fingerprint density at radius 2 is 0.516 bits per heavy atom. The highest BCUT2D eigenvalue weighted by molar-refractivity contribution is 5.71. The molecule has 0 aliphatic rings. The van der Waals surface area contributed by atoms with Gasteiger partial charge in [0.15, 0.2) is 6.10 Å². The van der Waals surface area contributed by atoms with Gasteiger partial charge in [-0.1, -0.05) is 291 Å².